The molecule has 3 rings (SSSR count). The van der Waals surface area contributed by atoms with E-state index in [4.69, 9.17) is 0 Å². The van der Waals surface area contributed by atoms with Gasteiger partial charge >= 0.3 is 0 Å². The molecule has 0 heterocycles. The zero-order valence-electron chi connectivity index (χ0n) is 7.85. The summed E-state index contributed by atoms with van der Waals surface area (Å²) in [4.78, 5) is 0. The number of hydrogen-bond acceptors (Lipinski definition) is 0. The lowest BCUT2D eigenvalue weighted by Gasteiger charge is -2.30. The minimum absolute atomic E-state index is 0.706. The van der Waals surface area contributed by atoms with Gasteiger partial charge in [0.25, 0.3) is 0 Å². The van der Waals surface area contributed by atoms with E-state index in [2.05, 4.69) is 20.8 Å². The molecule has 3 fully saturated rings. The van der Waals surface area contributed by atoms with Gasteiger partial charge in [-0.15, -0.1) is 0 Å². The van der Waals surface area contributed by atoms with E-state index < -0.39 is 0 Å². The zero-order chi connectivity index (χ0) is 7.85. The Labute approximate surface area is 69.4 Å². The molecule has 0 N–H and O–H groups in total. The van der Waals surface area contributed by atoms with Crippen molar-refractivity contribution < 1.29 is 0 Å². The second-order valence-corrected chi connectivity index (χ2v) is 5.65. The zero-order valence-corrected chi connectivity index (χ0v) is 7.85. The van der Waals surface area contributed by atoms with Crippen LogP contribution in [0.4, 0.5) is 0 Å². The van der Waals surface area contributed by atoms with Crippen LogP contribution in [0.1, 0.15) is 40.0 Å². The van der Waals surface area contributed by atoms with Gasteiger partial charge in [-0.2, -0.15) is 0 Å². The molecule has 0 saturated heterocycles. The topological polar surface area (TPSA) is 0 Å². The van der Waals surface area contributed by atoms with Gasteiger partial charge < -0.3 is 0 Å². The fourth-order valence-electron chi connectivity index (χ4n) is 4.28. The molecule has 0 radical (unpaired) electrons. The molecule has 3 saturated carbocycles. The van der Waals surface area contributed by atoms with E-state index in [9.17, 15) is 0 Å². The van der Waals surface area contributed by atoms with Crippen LogP contribution >= 0.6 is 0 Å². The molecule has 3 aliphatic carbocycles. The summed E-state index contributed by atoms with van der Waals surface area (Å²) in [7, 11) is 0. The summed E-state index contributed by atoms with van der Waals surface area (Å²) in [6.07, 6.45) is 4.58. The van der Waals surface area contributed by atoms with E-state index in [1.165, 1.54) is 12.3 Å². The van der Waals surface area contributed by atoms with Crippen molar-refractivity contribution >= 4 is 0 Å². The van der Waals surface area contributed by atoms with Crippen molar-refractivity contribution in [2.24, 2.45) is 28.6 Å². The van der Waals surface area contributed by atoms with Crippen molar-refractivity contribution in [2.75, 3.05) is 0 Å². The Hall–Kier alpha value is 0. The third-order valence-corrected chi connectivity index (χ3v) is 5.06. The van der Waals surface area contributed by atoms with Crippen molar-refractivity contribution in [1.29, 1.82) is 0 Å². The molecule has 3 aliphatic rings. The first kappa shape index (κ1) is 6.51. The molecule has 0 amide bonds. The molecule has 0 aliphatic heterocycles. The molecule has 11 heavy (non-hydrogen) atoms. The van der Waals surface area contributed by atoms with E-state index >= 15 is 0 Å². The maximum Gasteiger partial charge on any atom is -0.0224 e. The van der Waals surface area contributed by atoms with Crippen molar-refractivity contribution in [3.05, 3.63) is 0 Å². The van der Waals surface area contributed by atoms with E-state index in [0.717, 1.165) is 17.3 Å². The van der Waals surface area contributed by atoms with Gasteiger partial charge in [-0.1, -0.05) is 27.2 Å². The highest BCUT2D eigenvalue weighted by molar-refractivity contribution is 5.33. The van der Waals surface area contributed by atoms with Crippen LogP contribution in [0, 0.1) is 28.6 Å². The standard InChI is InChI=1S/C11H18/c1-4-7-5-11-6-8(11)9(11)10(7,2)3/h7-9H,4-6H2,1-3H3. The lowest BCUT2D eigenvalue weighted by molar-refractivity contribution is 0.191. The first-order valence-electron chi connectivity index (χ1n) is 5.13. The lowest BCUT2D eigenvalue weighted by Crippen LogP contribution is -2.22. The van der Waals surface area contributed by atoms with Crippen LogP contribution in [0.25, 0.3) is 0 Å². The van der Waals surface area contributed by atoms with E-state index in [1.807, 2.05) is 0 Å². The molecule has 1 spiro atoms. The fraction of sp³-hybridized carbons (Fsp3) is 1.00. The highest BCUT2D eigenvalue weighted by Gasteiger charge is 2.85. The summed E-state index contributed by atoms with van der Waals surface area (Å²) in [6, 6.07) is 0. The van der Waals surface area contributed by atoms with Crippen LogP contribution < -0.4 is 0 Å². The van der Waals surface area contributed by atoms with Gasteiger partial charge in [0.1, 0.15) is 0 Å². The number of rotatable bonds is 1. The van der Waals surface area contributed by atoms with E-state index in [0.29, 0.717) is 5.41 Å². The largest absolute Gasteiger partial charge is 0.0651 e. The molecule has 0 aromatic rings. The summed E-state index contributed by atoms with van der Waals surface area (Å²) >= 11 is 0. The molecule has 0 aromatic carbocycles. The Morgan fingerprint density at radius 3 is 2.36 bits per heavy atom. The van der Waals surface area contributed by atoms with Gasteiger partial charge in [-0.3, -0.25) is 0 Å². The van der Waals surface area contributed by atoms with Gasteiger partial charge in [0.2, 0.25) is 0 Å². The first-order valence-corrected chi connectivity index (χ1v) is 5.13. The van der Waals surface area contributed by atoms with E-state index in [-0.39, 0.29) is 0 Å². The summed E-state index contributed by atoms with van der Waals surface area (Å²) in [5.41, 5.74) is 1.64. The van der Waals surface area contributed by atoms with Crippen LogP contribution in [0.15, 0.2) is 0 Å². The van der Waals surface area contributed by atoms with Crippen molar-refractivity contribution in [3.8, 4) is 0 Å². The maximum absolute atomic E-state index is 2.51. The minimum Gasteiger partial charge on any atom is -0.0651 e. The molecule has 4 unspecified atom stereocenters. The summed E-state index contributed by atoms with van der Waals surface area (Å²) < 4.78 is 0. The van der Waals surface area contributed by atoms with Crippen molar-refractivity contribution in [3.63, 3.8) is 0 Å². The smallest absolute Gasteiger partial charge is 0.0224 e. The molecule has 0 aromatic heterocycles. The second-order valence-electron chi connectivity index (χ2n) is 5.65. The fourth-order valence-corrected chi connectivity index (χ4v) is 4.28. The molecule has 4 atom stereocenters. The SMILES string of the molecule is CCC1CC23CC2C3C1(C)C. The number of hydrogen-bond donors (Lipinski definition) is 0. The molecule has 0 nitrogen and oxygen atoms in total. The highest BCUT2D eigenvalue weighted by atomic mass is 14.9. The Morgan fingerprint density at radius 2 is 2.00 bits per heavy atom. The lowest BCUT2D eigenvalue weighted by atomic mass is 9.75. The molecule has 62 valence electrons. The van der Waals surface area contributed by atoms with Gasteiger partial charge in [0.15, 0.2) is 0 Å². The normalized spacial score (nSPS) is 61.9. The van der Waals surface area contributed by atoms with Gasteiger partial charge in [-0.25, -0.2) is 0 Å². The Balaban J connectivity index is 1.91. The quantitative estimate of drug-likeness (QED) is 0.539. The summed E-state index contributed by atoms with van der Waals surface area (Å²) in [5.74, 6) is 3.39. The Morgan fingerprint density at radius 1 is 1.27 bits per heavy atom. The molecular formula is C11H18. The van der Waals surface area contributed by atoms with Gasteiger partial charge in [0.05, 0.1) is 0 Å². The number of fused-ring (bicyclic) bond motifs is 1. The Bertz CT molecular complexity index is 216. The third kappa shape index (κ3) is 0.494. The molecule has 0 bridgehead atoms. The van der Waals surface area contributed by atoms with Crippen LogP contribution in [0.5, 0.6) is 0 Å². The monoisotopic (exact) mass is 150 g/mol. The average Bonchev–Trinajstić information content (AvgIpc) is 2.65. The average molecular weight is 150 g/mol. The summed E-state index contributed by atoms with van der Waals surface area (Å²) in [5, 5.41) is 0. The maximum atomic E-state index is 2.51. The second kappa shape index (κ2) is 1.41. The van der Waals surface area contributed by atoms with Crippen LogP contribution in [-0.4, -0.2) is 0 Å². The predicted molar refractivity (Wildman–Crippen MR) is 46.2 cm³/mol. The third-order valence-electron chi connectivity index (χ3n) is 5.06. The minimum atomic E-state index is 0.706. The highest BCUT2D eigenvalue weighted by Crippen LogP contribution is 2.91. The van der Waals surface area contributed by atoms with Gasteiger partial charge in [-0.05, 0) is 41.4 Å². The van der Waals surface area contributed by atoms with Crippen molar-refractivity contribution in [1.82, 2.24) is 0 Å². The summed E-state index contributed by atoms with van der Waals surface area (Å²) in [6.45, 7) is 7.38. The predicted octanol–water partition coefficient (Wildman–Crippen LogP) is 3.08. The van der Waals surface area contributed by atoms with Crippen molar-refractivity contribution in [2.45, 2.75) is 40.0 Å². The molecule has 0 heteroatoms. The van der Waals surface area contributed by atoms with Crippen LogP contribution in [0.3, 0.4) is 0 Å². The van der Waals surface area contributed by atoms with Crippen LogP contribution in [0.2, 0.25) is 0 Å². The molecular weight excluding hydrogens is 132 g/mol. The van der Waals surface area contributed by atoms with E-state index in [1.54, 1.807) is 12.8 Å². The Kier molecular flexibility index (Phi) is 0.832. The van der Waals surface area contributed by atoms with Crippen LogP contribution in [-0.2, 0) is 0 Å². The van der Waals surface area contributed by atoms with Gasteiger partial charge in [0, 0.05) is 0 Å². The first-order chi connectivity index (χ1) is 5.13.